The van der Waals surface area contributed by atoms with Crippen molar-refractivity contribution in [2.24, 2.45) is 11.7 Å². The molecule has 0 radical (unpaired) electrons. The Morgan fingerprint density at radius 1 is 1.37 bits per heavy atom. The summed E-state index contributed by atoms with van der Waals surface area (Å²) in [4.78, 5) is 11.9. The maximum atomic E-state index is 13.6. The minimum Gasteiger partial charge on any atom is -0.494 e. The van der Waals surface area contributed by atoms with Gasteiger partial charge in [0, 0.05) is 12.0 Å². The molecule has 0 saturated heterocycles. The van der Waals surface area contributed by atoms with Gasteiger partial charge in [0.1, 0.15) is 0 Å². The fourth-order valence-electron chi connectivity index (χ4n) is 1.62. The highest BCUT2D eigenvalue weighted by Gasteiger charge is 2.19. The lowest BCUT2D eigenvalue weighted by Gasteiger charge is -2.20. The van der Waals surface area contributed by atoms with Crippen LogP contribution in [0.4, 0.5) is 4.39 Å². The number of carbonyl (C=O) groups is 1. The number of carbonyl (C=O) groups excluding carboxylic acids is 1. The number of methoxy groups -OCH3 is 1. The van der Waals surface area contributed by atoms with E-state index in [1.807, 2.05) is 0 Å². The highest BCUT2D eigenvalue weighted by Crippen LogP contribution is 2.22. The molecule has 0 aliphatic carbocycles. The van der Waals surface area contributed by atoms with E-state index in [1.165, 1.54) is 13.2 Å². The molecule has 3 atom stereocenters. The Morgan fingerprint density at radius 3 is 2.47 bits per heavy atom. The minimum absolute atomic E-state index is 0.140. The summed E-state index contributed by atoms with van der Waals surface area (Å²) in [6, 6.07) is 4.13. The summed E-state index contributed by atoms with van der Waals surface area (Å²) in [5.41, 5.74) is 6.36. The van der Waals surface area contributed by atoms with Crippen molar-refractivity contribution >= 4 is 5.91 Å². The zero-order chi connectivity index (χ0) is 14.6. The predicted octanol–water partition coefficient (Wildman–Crippen LogP) is 1.99. The van der Waals surface area contributed by atoms with E-state index in [9.17, 15) is 9.18 Å². The Kier molecular flexibility index (Phi) is 5.30. The van der Waals surface area contributed by atoms with Gasteiger partial charge in [0.25, 0.3) is 0 Å². The highest BCUT2D eigenvalue weighted by atomic mass is 19.1. The normalized spacial score (nSPS) is 15.5. The number of amides is 1. The zero-order valence-electron chi connectivity index (χ0n) is 11.7. The van der Waals surface area contributed by atoms with Gasteiger partial charge in [-0.05, 0) is 31.5 Å². The number of hydrogen-bond acceptors (Lipinski definition) is 3. The summed E-state index contributed by atoms with van der Waals surface area (Å²) < 4.78 is 18.4. The molecule has 0 heterocycles. The van der Waals surface area contributed by atoms with Crippen LogP contribution in [-0.4, -0.2) is 19.1 Å². The lowest BCUT2D eigenvalue weighted by Crippen LogP contribution is -2.39. The van der Waals surface area contributed by atoms with Crippen molar-refractivity contribution in [3.8, 4) is 5.75 Å². The summed E-state index contributed by atoms with van der Waals surface area (Å²) in [5.74, 6) is -0.683. The third-order valence-corrected chi connectivity index (χ3v) is 3.24. The van der Waals surface area contributed by atoms with Crippen LogP contribution in [0.25, 0.3) is 0 Å². The largest absolute Gasteiger partial charge is 0.494 e. The van der Waals surface area contributed by atoms with E-state index in [0.29, 0.717) is 5.56 Å². The SMILES string of the molecule is COc1ccc(C(C)NC(=O)C(C)C(C)N)cc1F. The first-order chi connectivity index (χ1) is 8.86. The molecule has 1 rings (SSSR count). The fraction of sp³-hybridized carbons (Fsp3) is 0.500. The Bertz CT molecular complexity index is 449. The first kappa shape index (κ1) is 15.4. The molecule has 0 saturated carbocycles. The van der Waals surface area contributed by atoms with Gasteiger partial charge in [0.2, 0.25) is 5.91 Å². The number of nitrogens with one attached hydrogen (secondary N) is 1. The predicted molar refractivity (Wildman–Crippen MR) is 72.3 cm³/mol. The van der Waals surface area contributed by atoms with Crippen LogP contribution in [-0.2, 0) is 4.79 Å². The number of benzene rings is 1. The quantitative estimate of drug-likeness (QED) is 0.858. The molecule has 0 aliphatic heterocycles. The standard InChI is InChI=1S/C14H21FN2O2/c1-8(9(2)16)14(18)17-10(3)11-5-6-13(19-4)12(15)7-11/h5-10H,16H2,1-4H3,(H,17,18). The van der Waals surface area contributed by atoms with E-state index in [-0.39, 0.29) is 29.7 Å². The highest BCUT2D eigenvalue weighted by molar-refractivity contribution is 5.79. The first-order valence-corrected chi connectivity index (χ1v) is 6.26. The van der Waals surface area contributed by atoms with Crippen molar-refractivity contribution in [1.29, 1.82) is 0 Å². The van der Waals surface area contributed by atoms with Crippen LogP contribution in [0.2, 0.25) is 0 Å². The smallest absolute Gasteiger partial charge is 0.224 e. The molecule has 4 nitrogen and oxygen atoms in total. The number of ether oxygens (including phenoxy) is 1. The van der Waals surface area contributed by atoms with Gasteiger partial charge in [0.15, 0.2) is 11.6 Å². The van der Waals surface area contributed by atoms with Crippen LogP contribution in [0.1, 0.15) is 32.4 Å². The summed E-state index contributed by atoms with van der Waals surface area (Å²) in [5, 5.41) is 2.82. The van der Waals surface area contributed by atoms with E-state index in [0.717, 1.165) is 0 Å². The molecule has 3 unspecified atom stereocenters. The Hall–Kier alpha value is -1.62. The summed E-state index contributed by atoms with van der Waals surface area (Å²) >= 11 is 0. The van der Waals surface area contributed by atoms with Gasteiger partial charge >= 0.3 is 0 Å². The van der Waals surface area contributed by atoms with Crippen molar-refractivity contribution in [3.63, 3.8) is 0 Å². The van der Waals surface area contributed by atoms with Gasteiger partial charge in [-0.15, -0.1) is 0 Å². The van der Waals surface area contributed by atoms with Crippen molar-refractivity contribution in [2.75, 3.05) is 7.11 Å². The van der Waals surface area contributed by atoms with Gasteiger partial charge in [-0.3, -0.25) is 4.79 Å². The van der Waals surface area contributed by atoms with E-state index in [1.54, 1.807) is 32.9 Å². The summed E-state index contributed by atoms with van der Waals surface area (Å²) in [6.07, 6.45) is 0. The molecule has 5 heteroatoms. The van der Waals surface area contributed by atoms with E-state index < -0.39 is 5.82 Å². The number of hydrogen-bond donors (Lipinski definition) is 2. The molecule has 1 aromatic carbocycles. The zero-order valence-corrected chi connectivity index (χ0v) is 11.7. The van der Waals surface area contributed by atoms with Crippen molar-refractivity contribution in [1.82, 2.24) is 5.32 Å². The molecule has 106 valence electrons. The maximum absolute atomic E-state index is 13.6. The minimum atomic E-state index is -0.443. The second-order valence-corrected chi connectivity index (χ2v) is 4.77. The van der Waals surface area contributed by atoms with Gasteiger partial charge in [0.05, 0.1) is 13.2 Å². The molecule has 0 bridgehead atoms. The Morgan fingerprint density at radius 2 is 2.00 bits per heavy atom. The second kappa shape index (κ2) is 6.52. The third-order valence-electron chi connectivity index (χ3n) is 3.24. The second-order valence-electron chi connectivity index (χ2n) is 4.77. The van der Waals surface area contributed by atoms with Gasteiger partial charge in [-0.1, -0.05) is 13.0 Å². The molecule has 1 aromatic rings. The number of halogens is 1. The first-order valence-electron chi connectivity index (χ1n) is 6.26. The number of rotatable bonds is 5. The van der Waals surface area contributed by atoms with Crippen LogP contribution in [0, 0.1) is 11.7 Å². The average molecular weight is 268 g/mol. The van der Waals surface area contributed by atoms with E-state index in [4.69, 9.17) is 10.5 Å². The molecular weight excluding hydrogens is 247 g/mol. The lowest BCUT2D eigenvalue weighted by atomic mass is 10.0. The van der Waals surface area contributed by atoms with Gasteiger partial charge in [-0.2, -0.15) is 0 Å². The lowest BCUT2D eigenvalue weighted by molar-refractivity contribution is -0.125. The molecular formula is C14H21FN2O2. The summed E-state index contributed by atoms with van der Waals surface area (Å²) in [6.45, 7) is 5.34. The topological polar surface area (TPSA) is 64.3 Å². The maximum Gasteiger partial charge on any atom is 0.224 e. The van der Waals surface area contributed by atoms with Gasteiger partial charge in [-0.25, -0.2) is 4.39 Å². The Labute approximate surface area is 113 Å². The van der Waals surface area contributed by atoms with E-state index >= 15 is 0 Å². The van der Waals surface area contributed by atoms with Gasteiger partial charge < -0.3 is 15.8 Å². The van der Waals surface area contributed by atoms with Crippen LogP contribution in [0.15, 0.2) is 18.2 Å². The molecule has 19 heavy (non-hydrogen) atoms. The number of nitrogens with two attached hydrogens (primary N) is 1. The van der Waals surface area contributed by atoms with Crippen LogP contribution >= 0.6 is 0 Å². The van der Waals surface area contributed by atoms with Crippen molar-refractivity contribution < 1.29 is 13.9 Å². The molecule has 0 fully saturated rings. The molecule has 0 aromatic heterocycles. The van der Waals surface area contributed by atoms with Crippen molar-refractivity contribution in [3.05, 3.63) is 29.6 Å². The average Bonchev–Trinajstić information content (AvgIpc) is 2.37. The van der Waals surface area contributed by atoms with Crippen LogP contribution in [0.3, 0.4) is 0 Å². The molecule has 3 N–H and O–H groups in total. The summed E-state index contributed by atoms with van der Waals surface area (Å²) in [7, 11) is 1.41. The van der Waals surface area contributed by atoms with E-state index in [2.05, 4.69) is 5.32 Å². The molecule has 0 spiro atoms. The molecule has 0 aliphatic rings. The van der Waals surface area contributed by atoms with Crippen molar-refractivity contribution in [2.45, 2.75) is 32.9 Å². The fourth-order valence-corrected chi connectivity index (χ4v) is 1.62. The Balaban J connectivity index is 2.76. The van der Waals surface area contributed by atoms with Crippen LogP contribution < -0.4 is 15.8 Å². The third kappa shape index (κ3) is 3.92. The van der Waals surface area contributed by atoms with Crippen LogP contribution in [0.5, 0.6) is 5.75 Å². The molecule has 1 amide bonds. The monoisotopic (exact) mass is 268 g/mol.